The summed E-state index contributed by atoms with van der Waals surface area (Å²) in [4.78, 5) is 7.01. The van der Waals surface area contributed by atoms with Crippen molar-refractivity contribution in [3.8, 4) is 0 Å². The Morgan fingerprint density at radius 2 is 2.21 bits per heavy atom. The summed E-state index contributed by atoms with van der Waals surface area (Å²) in [7, 11) is 0. The van der Waals surface area contributed by atoms with E-state index in [4.69, 9.17) is 0 Å². The maximum absolute atomic E-state index is 11.1. The average Bonchev–Trinajstić information content (AvgIpc) is 2.47. The van der Waals surface area contributed by atoms with Gasteiger partial charge in [0.05, 0.1) is 5.60 Å². The second kappa shape index (κ2) is 5.22. The molecule has 3 rings (SSSR count). The van der Waals surface area contributed by atoms with Gasteiger partial charge in [0.15, 0.2) is 0 Å². The van der Waals surface area contributed by atoms with Gasteiger partial charge < -0.3 is 10.0 Å². The third-order valence-corrected chi connectivity index (χ3v) is 5.01. The Morgan fingerprint density at radius 3 is 2.95 bits per heavy atom. The zero-order valence-corrected chi connectivity index (χ0v) is 11.8. The van der Waals surface area contributed by atoms with E-state index in [0.29, 0.717) is 0 Å². The van der Waals surface area contributed by atoms with Gasteiger partial charge in [-0.05, 0) is 50.3 Å². The Labute approximate surface area is 115 Å². The molecule has 1 saturated heterocycles. The van der Waals surface area contributed by atoms with Crippen molar-refractivity contribution >= 4 is 0 Å². The Kier molecular flexibility index (Phi) is 3.59. The fourth-order valence-electron chi connectivity index (χ4n) is 3.74. The molecule has 1 aromatic rings. The second-order valence-electron chi connectivity index (χ2n) is 6.03. The van der Waals surface area contributed by atoms with Crippen molar-refractivity contribution in [2.45, 2.75) is 50.5 Å². The number of piperidine rings is 1. The van der Waals surface area contributed by atoms with Gasteiger partial charge in [-0.2, -0.15) is 0 Å². The second-order valence-corrected chi connectivity index (χ2v) is 6.03. The van der Waals surface area contributed by atoms with Gasteiger partial charge in [-0.25, -0.2) is 0 Å². The van der Waals surface area contributed by atoms with Crippen molar-refractivity contribution < 1.29 is 5.11 Å². The highest BCUT2D eigenvalue weighted by atomic mass is 16.3. The number of hydrogen-bond donors (Lipinski definition) is 1. The predicted molar refractivity (Wildman–Crippen MR) is 76.2 cm³/mol. The van der Waals surface area contributed by atoms with Gasteiger partial charge in [0, 0.05) is 30.9 Å². The van der Waals surface area contributed by atoms with E-state index in [1.54, 1.807) is 0 Å². The molecule has 1 fully saturated rings. The van der Waals surface area contributed by atoms with Crippen LogP contribution in [0.25, 0.3) is 0 Å². The van der Waals surface area contributed by atoms with Crippen LogP contribution in [-0.2, 0) is 6.42 Å². The van der Waals surface area contributed by atoms with Crippen molar-refractivity contribution in [3.05, 3.63) is 29.6 Å². The van der Waals surface area contributed by atoms with E-state index in [0.717, 1.165) is 45.3 Å². The normalized spacial score (nSPS) is 26.9. The first kappa shape index (κ1) is 13.1. The first-order valence-electron chi connectivity index (χ1n) is 7.61. The molecule has 0 saturated carbocycles. The number of fused-ring (bicyclic) bond motifs is 1. The molecule has 0 spiro atoms. The standard InChI is InChI=1S/C16H24N2O/c1-2-18-11-8-16(19,9-12-18)14-7-3-5-13-6-4-10-17-15(13)14/h4,6,10,14,19H,2-3,5,7-9,11-12H2,1H3. The molecule has 1 aromatic heterocycles. The van der Waals surface area contributed by atoms with Crippen molar-refractivity contribution in [1.29, 1.82) is 0 Å². The van der Waals surface area contributed by atoms with Crippen molar-refractivity contribution in [1.82, 2.24) is 9.88 Å². The smallest absolute Gasteiger partial charge is 0.0755 e. The minimum atomic E-state index is -0.533. The summed E-state index contributed by atoms with van der Waals surface area (Å²) in [5.74, 6) is 0.247. The van der Waals surface area contributed by atoms with Crippen molar-refractivity contribution in [3.63, 3.8) is 0 Å². The molecule has 0 radical (unpaired) electrons. The topological polar surface area (TPSA) is 36.4 Å². The predicted octanol–water partition coefficient (Wildman–Crippen LogP) is 2.35. The van der Waals surface area contributed by atoms with Gasteiger partial charge in [0.25, 0.3) is 0 Å². The van der Waals surface area contributed by atoms with Crippen LogP contribution in [0.15, 0.2) is 18.3 Å². The number of hydrogen-bond acceptors (Lipinski definition) is 3. The minimum absolute atomic E-state index is 0.247. The molecule has 3 nitrogen and oxygen atoms in total. The van der Waals surface area contributed by atoms with Gasteiger partial charge in [0.1, 0.15) is 0 Å². The van der Waals surface area contributed by atoms with Gasteiger partial charge in [0.2, 0.25) is 0 Å². The summed E-state index contributed by atoms with van der Waals surface area (Å²) in [5.41, 5.74) is 1.99. The van der Waals surface area contributed by atoms with E-state index in [1.807, 2.05) is 12.3 Å². The Bertz CT molecular complexity index is 438. The molecule has 1 aliphatic heterocycles. The van der Waals surface area contributed by atoms with E-state index in [1.165, 1.54) is 17.7 Å². The zero-order chi connectivity index (χ0) is 13.3. The number of aryl methyl sites for hydroxylation is 1. The molecular weight excluding hydrogens is 236 g/mol. The average molecular weight is 260 g/mol. The molecule has 0 bridgehead atoms. The van der Waals surface area contributed by atoms with E-state index >= 15 is 0 Å². The van der Waals surface area contributed by atoms with Crippen molar-refractivity contribution in [2.24, 2.45) is 0 Å². The zero-order valence-electron chi connectivity index (χ0n) is 11.8. The Hall–Kier alpha value is -0.930. The lowest BCUT2D eigenvalue weighted by Crippen LogP contribution is -2.48. The fraction of sp³-hybridized carbons (Fsp3) is 0.688. The van der Waals surface area contributed by atoms with Crippen LogP contribution in [-0.4, -0.2) is 40.2 Å². The summed E-state index contributed by atoms with van der Waals surface area (Å²) in [5, 5.41) is 11.1. The number of pyridine rings is 1. The largest absolute Gasteiger partial charge is 0.389 e. The Morgan fingerprint density at radius 1 is 1.42 bits per heavy atom. The van der Waals surface area contributed by atoms with Gasteiger partial charge in [-0.1, -0.05) is 13.0 Å². The molecular formula is C16H24N2O. The summed E-state index contributed by atoms with van der Waals surface area (Å²) in [6, 6.07) is 4.20. The molecule has 0 amide bonds. The third kappa shape index (κ3) is 2.41. The summed E-state index contributed by atoms with van der Waals surface area (Å²) >= 11 is 0. The highest BCUT2D eigenvalue weighted by molar-refractivity contribution is 5.28. The summed E-state index contributed by atoms with van der Waals surface area (Å²) < 4.78 is 0. The minimum Gasteiger partial charge on any atom is -0.389 e. The van der Waals surface area contributed by atoms with Crippen LogP contribution < -0.4 is 0 Å². The molecule has 1 unspecified atom stereocenters. The van der Waals surface area contributed by atoms with E-state index in [9.17, 15) is 5.11 Å². The van der Waals surface area contributed by atoms with Gasteiger partial charge in [-0.15, -0.1) is 0 Å². The lowest BCUT2D eigenvalue weighted by Gasteiger charge is -2.44. The molecule has 3 heteroatoms. The van der Waals surface area contributed by atoms with Crippen LogP contribution in [0.4, 0.5) is 0 Å². The maximum Gasteiger partial charge on any atom is 0.0755 e. The molecule has 1 aliphatic carbocycles. The first-order chi connectivity index (χ1) is 9.23. The number of aromatic nitrogens is 1. The van der Waals surface area contributed by atoms with Crippen LogP contribution in [0.2, 0.25) is 0 Å². The summed E-state index contributed by atoms with van der Waals surface area (Å²) in [6.45, 7) is 5.33. The quantitative estimate of drug-likeness (QED) is 0.886. The molecule has 2 heterocycles. The number of rotatable bonds is 2. The van der Waals surface area contributed by atoms with Crippen LogP contribution in [0, 0.1) is 0 Å². The number of aliphatic hydroxyl groups is 1. The molecule has 104 valence electrons. The van der Waals surface area contributed by atoms with Crippen LogP contribution in [0.3, 0.4) is 0 Å². The van der Waals surface area contributed by atoms with E-state index in [-0.39, 0.29) is 5.92 Å². The van der Waals surface area contributed by atoms with Crippen LogP contribution >= 0.6 is 0 Å². The van der Waals surface area contributed by atoms with Crippen LogP contribution in [0.5, 0.6) is 0 Å². The van der Waals surface area contributed by atoms with E-state index < -0.39 is 5.60 Å². The lowest BCUT2D eigenvalue weighted by atomic mass is 9.71. The molecule has 2 aliphatic rings. The molecule has 1 N–H and O–H groups in total. The summed E-state index contributed by atoms with van der Waals surface area (Å²) in [6.07, 6.45) is 7.05. The highest BCUT2D eigenvalue weighted by Crippen LogP contribution is 2.42. The van der Waals surface area contributed by atoms with E-state index in [2.05, 4.69) is 22.9 Å². The SMILES string of the molecule is CCN1CCC(O)(C2CCCc3cccnc32)CC1. The first-order valence-corrected chi connectivity index (χ1v) is 7.61. The van der Waals surface area contributed by atoms with Crippen molar-refractivity contribution in [2.75, 3.05) is 19.6 Å². The fourth-order valence-corrected chi connectivity index (χ4v) is 3.74. The number of likely N-dealkylation sites (tertiary alicyclic amines) is 1. The van der Waals surface area contributed by atoms with Crippen LogP contribution in [0.1, 0.15) is 49.8 Å². The highest BCUT2D eigenvalue weighted by Gasteiger charge is 2.42. The monoisotopic (exact) mass is 260 g/mol. The van der Waals surface area contributed by atoms with Gasteiger partial charge >= 0.3 is 0 Å². The van der Waals surface area contributed by atoms with Gasteiger partial charge in [-0.3, -0.25) is 4.98 Å². The lowest BCUT2D eigenvalue weighted by molar-refractivity contribution is -0.0469. The maximum atomic E-state index is 11.1. The Balaban J connectivity index is 1.83. The third-order valence-electron chi connectivity index (χ3n) is 5.01. The number of nitrogens with zero attached hydrogens (tertiary/aromatic N) is 2. The molecule has 1 atom stereocenters. The molecule has 0 aromatic carbocycles. The molecule has 19 heavy (non-hydrogen) atoms.